The van der Waals surface area contributed by atoms with Crippen LogP contribution in [0.5, 0.6) is 0 Å². The molecule has 0 bridgehead atoms. The highest BCUT2D eigenvalue weighted by Crippen LogP contribution is 2.37. The molecule has 20 heavy (non-hydrogen) atoms. The summed E-state index contributed by atoms with van der Waals surface area (Å²) in [6, 6.07) is 1.98. The molecule has 114 valence electrons. The highest BCUT2D eigenvalue weighted by atomic mass is 79.9. The first kappa shape index (κ1) is 16.9. The van der Waals surface area contributed by atoms with Crippen molar-refractivity contribution in [3.8, 4) is 0 Å². The van der Waals surface area contributed by atoms with Gasteiger partial charge in [-0.1, -0.05) is 0 Å². The average molecular weight is 446 g/mol. The lowest BCUT2D eigenvalue weighted by molar-refractivity contribution is 0.247. The Labute approximate surface area is 141 Å². The molecule has 0 aliphatic carbocycles. The van der Waals surface area contributed by atoms with Gasteiger partial charge in [-0.15, -0.1) is 11.3 Å². The van der Waals surface area contributed by atoms with Crippen LogP contribution in [0.3, 0.4) is 0 Å². The Morgan fingerprint density at radius 2 is 2.25 bits per heavy atom. The van der Waals surface area contributed by atoms with E-state index in [9.17, 15) is 8.42 Å². The largest absolute Gasteiger partial charge is 0.324 e. The summed E-state index contributed by atoms with van der Waals surface area (Å²) in [7, 11) is -3.09. The van der Waals surface area contributed by atoms with Gasteiger partial charge in [-0.3, -0.25) is 0 Å². The molecule has 1 aromatic rings. The Kier molecular flexibility index (Phi) is 5.70. The Balaban J connectivity index is 2.01. The van der Waals surface area contributed by atoms with E-state index in [4.69, 9.17) is 5.73 Å². The third kappa shape index (κ3) is 4.27. The average Bonchev–Trinajstić information content (AvgIpc) is 2.68. The highest BCUT2D eigenvalue weighted by molar-refractivity contribution is 9.12. The highest BCUT2D eigenvalue weighted by Gasteiger charge is 2.27. The van der Waals surface area contributed by atoms with Crippen LogP contribution in [0, 0.1) is 5.92 Å². The Morgan fingerprint density at radius 3 is 2.80 bits per heavy atom. The zero-order valence-electron chi connectivity index (χ0n) is 11.2. The van der Waals surface area contributed by atoms with Crippen LogP contribution in [0.15, 0.2) is 13.6 Å². The molecule has 8 heteroatoms. The molecule has 1 aromatic heterocycles. The van der Waals surface area contributed by atoms with E-state index in [2.05, 4.69) is 31.9 Å². The van der Waals surface area contributed by atoms with Gasteiger partial charge in [-0.25, -0.2) is 12.7 Å². The molecule has 4 nitrogen and oxygen atoms in total. The summed E-state index contributed by atoms with van der Waals surface area (Å²) in [5.41, 5.74) is 7.38. The van der Waals surface area contributed by atoms with E-state index < -0.39 is 10.0 Å². The number of hydrogen-bond acceptors (Lipinski definition) is 4. The number of nitrogens with zero attached hydrogens (tertiary/aromatic N) is 1. The zero-order valence-corrected chi connectivity index (χ0v) is 16.0. The molecule has 1 aliphatic heterocycles. The summed E-state index contributed by atoms with van der Waals surface area (Å²) in [5, 5.41) is 0. The first-order chi connectivity index (χ1) is 9.27. The van der Waals surface area contributed by atoms with Crippen molar-refractivity contribution < 1.29 is 8.42 Å². The van der Waals surface area contributed by atoms with Crippen LogP contribution in [0.2, 0.25) is 0 Å². The lowest BCUT2D eigenvalue weighted by atomic mass is 9.91. The number of piperidine rings is 1. The second-order valence-corrected chi connectivity index (χ2v) is 11.0. The van der Waals surface area contributed by atoms with Gasteiger partial charge < -0.3 is 5.73 Å². The SMILES string of the molecule is CS(=O)(=O)N1CCCC(CC(N)c2cc(Br)sc2Br)C1. The van der Waals surface area contributed by atoms with E-state index in [0.29, 0.717) is 19.0 Å². The van der Waals surface area contributed by atoms with Crippen molar-refractivity contribution in [2.24, 2.45) is 11.7 Å². The lowest BCUT2D eigenvalue weighted by Crippen LogP contribution is -2.40. The number of thiophene rings is 1. The van der Waals surface area contributed by atoms with Gasteiger partial charge >= 0.3 is 0 Å². The molecule has 0 amide bonds. The van der Waals surface area contributed by atoms with Crippen molar-refractivity contribution in [3.05, 3.63) is 19.2 Å². The molecular weight excluding hydrogens is 428 g/mol. The minimum Gasteiger partial charge on any atom is -0.324 e. The molecule has 0 spiro atoms. The molecule has 2 heterocycles. The van der Waals surface area contributed by atoms with E-state index >= 15 is 0 Å². The molecular formula is C12H18Br2N2O2S2. The molecule has 2 unspecified atom stereocenters. The van der Waals surface area contributed by atoms with Gasteiger partial charge in [0, 0.05) is 19.1 Å². The minimum absolute atomic E-state index is 0.0589. The van der Waals surface area contributed by atoms with E-state index in [-0.39, 0.29) is 6.04 Å². The topological polar surface area (TPSA) is 63.4 Å². The van der Waals surface area contributed by atoms with Crippen molar-refractivity contribution in [1.82, 2.24) is 4.31 Å². The summed E-state index contributed by atoms with van der Waals surface area (Å²) in [6.07, 6.45) is 4.05. The molecule has 0 saturated carbocycles. The van der Waals surface area contributed by atoms with Crippen molar-refractivity contribution in [3.63, 3.8) is 0 Å². The molecule has 0 radical (unpaired) electrons. The fraction of sp³-hybridized carbons (Fsp3) is 0.667. The monoisotopic (exact) mass is 444 g/mol. The fourth-order valence-electron chi connectivity index (χ4n) is 2.61. The van der Waals surface area contributed by atoms with Crippen LogP contribution in [0.1, 0.15) is 30.9 Å². The zero-order chi connectivity index (χ0) is 14.9. The van der Waals surface area contributed by atoms with Gasteiger partial charge in [0.1, 0.15) is 0 Å². The van der Waals surface area contributed by atoms with Gasteiger partial charge in [0.25, 0.3) is 0 Å². The van der Waals surface area contributed by atoms with Crippen molar-refractivity contribution in [2.45, 2.75) is 25.3 Å². The van der Waals surface area contributed by atoms with Crippen LogP contribution in [-0.4, -0.2) is 32.1 Å². The van der Waals surface area contributed by atoms with E-state index in [1.165, 1.54) is 6.26 Å². The summed E-state index contributed by atoms with van der Waals surface area (Å²) in [4.78, 5) is 0. The van der Waals surface area contributed by atoms with Gasteiger partial charge in [0.15, 0.2) is 0 Å². The predicted molar refractivity (Wildman–Crippen MR) is 90.4 cm³/mol. The number of rotatable bonds is 4. The van der Waals surface area contributed by atoms with Crippen LogP contribution in [0.4, 0.5) is 0 Å². The number of sulfonamides is 1. The third-order valence-corrected chi connectivity index (χ3v) is 7.28. The summed E-state index contributed by atoms with van der Waals surface area (Å²) >= 11 is 8.60. The smallest absolute Gasteiger partial charge is 0.211 e. The number of nitrogens with two attached hydrogens (primary N) is 1. The maximum absolute atomic E-state index is 11.6. The van der Waals surface area contributed by atoms with Gasteiger partial charge in [0.05, 0.1) is 13.8 Å². The van der Waals surface area contributed by atoms with Crippen molar-refractivity contribution in [1.29, 1.82) is 0 Å². The standard InChI is InChI=1S/C12H18Br2N2O2S2/c1-20(17,18)16-4-2-3-8(7-16)5-10(15)9-6-11(13)19-12(9)14/h6,8,10H,2-5,7,15H2,1H3. The molecule has 1 fully saturated rings. The minimum atomic E-state index is -3.09. The first-order valence-corrected chi connectivity index (χ1v) is 10.7. The van der Waals surface area contributed by atoms with Crippen LogP contribution in [-0.2, 0) is 10.0 Å². The predicted octanol–water partition coefficient (Wildman–Crippen LogP) is 3.33. The van der Waals surface area contributed by atoms with E-state index in [1.807, 2.05) is 6.07 Å². The lowest BCUT2D eigenvalue weighted by Gasteiger charge is -2.32. The second-order valence-electron chi connectivity index (χ2n) is 5.25. The maximum Gasteiger partial charge on any atom is 0.211 e. The van der Waals surface area contributed by atoms with Gasteiger partial charge in [0.2, 0.25) is 10.0 Å². The third-order valence-electron chi connectivity index (χ3n) is 3.62. The summed E-state index contributed by atoms with van der Waals surface area (Å²) in [6.45, 7) is 1.23. The molecule has 1 aliphatic rings. The molecule has 0 aromatic carbocycles. The van der Waals surface area contributed by atoms with Crippen LogP contribution >= 0.6 is 43.2 Å². The first-order valence-electron chi connectivity index (χ1n) is 6.43. The van der Waals surface area contributed by atoms with Gasteiger partial charge in [-0.2, -0.15) is 0 Å². The molecule has 1 saturated heterocycles. The molecule has 2 N–H and O–H groups in total. The summed E-state index contributed by atoms with van der Waals surface area (Å²) in [5.74, 6) is 0.332. The second kappa shape index (κ2) is 6.75. The van der Waals surface area contributed by atoms with Gasteiger partial charge in [-0.05, 0) is 68.7 Å². The number of halogens is 2. The maximum atomic E-state index is 11.6. The fourth-order valence-corrected chi connectivity index (χ4v) is 6.56. The van der Waals surface area contributed by atoms with Crippen LogP contribution in [0.25, 0.3) is 0 Å². The normalized spacial score (nSPS) is 22.9. The molecule has 2 atom stereocenters. The summed E-state index contributed by atoms with van der Waals surface area (Å²) < 4.78 is 26.9. The Morgan fingerprint density at radius 1 is 1.55 bits per heavy atom. The number of hydrogen-bond donors (Lipinski definition) is 1. The Bertz CT molecular complexity index is 574. The van der Waals surface area contributed by atoms with Crippen molar-refractivity contribution >= 4 is 53.2 Å². The van der Waals surface area contributed by atoms with E-state index in [1.54, 1.807) is 15.6 Å². The van der Waals surface area contributed by atoms with Crippen molar-refractivity contribution in [2.75, 3.05) is 19.3 Å². The van der Waals surface area contributed by atoms with E-state index in [0.717, 1.165) is 32.4 Å². The molecule has 2 rings (SSSR count). The quantitative estimate of drug-likeness (QED) is 0.772. The Hall–Kier alpha value is 0.530. The van der Waals surface area contributed by atoms with Crippen LogP contribution < -0.4 is 5.73 Å².